The van der Waals surface area contributed by atoms with Gasteiger partial charge in [0, 0.05) is 23.5 Å². The van der Waals surface area contributed by atoms with Crippen molar-refractivity contribution < 1.29 is 14.0 Å². The fourth-order valence-electron chi connectivity index (χ4n) is 2.67. The fourth-order valence-corrected chi connectivity index (χ4v) is 3.64. The normalized spacial score (nSPS) is 18.5. The SMILES string of the molecule is C[Si](C)(C)OC1=CCC(C(=O)c2ccccc2C(N)=O)CC1. The first-order chi connectivity index (χ1) is 10.3. The quantitative estimate of drug-likeness (QED) is 0.667. The number of allylic oxidation sites excluding steroid dienone is 2. The monoisotopic (exact) mass is 317 g/mol. The number of ketones is 1. The van der Waals surface area contributed by atoms with Crippen LogP contribution in [0.5, 0.6) is 0 Å². The number of benzene rings is 1. The summed E-state index contributed by atoms with van der Waals surface area (Å²) in [6, 6.07) is 6.77. The predicted molar refractivity (Wildman–Crippen MR) is 89.1 cm³/mol. The molecule has 1 aliphatic carbocycles. The van der Waals surface area contributed by atoms with Gasteiger partial charge in [-0.25, -0.2) is 0 Å². The lowest BCUT2D eigenvalue weighted by atomic mass is 9.85. The highest BCUT2D eigenvalue weighted by Gasteiger charge is 2.27. The molecule has 2 rings (SSSR count). The van der Waals surface area contributed by atoms with E-state index in [1.54, 1.807) is 24.3 Å². The summed E-state index contributed by atoms with van der Waals surface area (Å²) in [5.74, 6) is 0.344. The molecule has 0 saturated carbocycles. The zero-order valence-electron chi connectivity index (χ0n) is 13.4. The Kier molecular flexibility index (Phi) is 4.86. The lowest BCUT2D eigenvalue weighted by Gasteiger charge is -2.27. The number of carbonyl (C=O) groups excluding carboxylic acids is 2. The molecule has 0 fully saturated rings. The second-order valence-electron chi connectivity index (χ2n) is 6.63. The van der Waals surface area contributed by atoms with E-state index in [9.17, 15) is 9.59 Å². The van der Waals surface area contributed by atoms with E-state index in [4.69, 9.17) is 10.2 Å². The molecule has 5 heteroatoms. The average Bonchev–Trinajstić information content (AvgIpc) is 2.45. The lowest BCUT2D eigenvalue weighted by molar-refractivity contribution is 0.0896. The summed E-state index contributed by atoms with van der Waals surface area (Å²) in [6.07, 6.45) is 4.21. The van der Waals surface area contributed by atoms with Crippen molar-refractivity contribution in [3.63, 3.8) is 0 Å². The minimum Gasteiger partial charge on any atom is -0.548 e. The molecule has 1 aromatic rings. The molecule has 1 aliphatic rings. The third-order valence-corrected chi connectivity index (χ3v) is 4.51. The first-order valence-electron chi connectivity index (χ1n) is 7.59. The maximum Gasteiger partial charge on any atom is 0.249 e. The number of nitrogens with two attached hydrogens (primary N) is 1. The highest BCUT2D eigenvalue weighted by Crippen LogP contribution is 2.29. The van der Waals surface area contributed by atoms with Crippen molar-refractivity contribution in [1.82, 2.24) is 0 Å². The molecule has 2 N–H and O–H groups in total. The summed E-state index contributed by atoms with van der Waals surface area (Å²) in [5.41, 5.74) is 6.09. The minimum atomic E-state index is -1.60. The predicted octanol–water partition coefficient (Wildman–Crippen LogP) is 3.50. The van der Waals surface area contributed by atoms with Crippen LogP contribution in [0.4, 0.5) is 0 Å². The van der Waals surface area contributed by atoms with Crippen molar-refractivity contribution in [2.24, 2.45) is 11.7 Å². The third-order valence-electron chi connectivity index (χ3n) is 3.64. The molecule has 0 heterocycles. The second kappa shape index (κ2) is 6.48. The summed E-state index contributed by atoms with van der Waals surface area (Å²) in [7, 11) is -1.60. The van der Waals surface area contributed by atoms with Crippen molar-refractivity contribution in [2.45, 2.75) is 38.9 Å². The van der Waals surface area contributed by atoms with Crippen LogP contribution in [0.3, 0.4) is 0 Å². The first-order valence-corrected chi connectivity index (χ1v) is 11.0. The van der Waals surface area contributed by atoms with E-state index in [1.165, 1.54) is 0 Å². The summed E-state index contributed by atoms with van der Waals surface area (Å²) < 4.78 is 5.99. The maximum absolute atomic E-state index is 12.6. The molecule has 0 radical (unpaired) electrons. The summed E-state index contributed by atoms with van der Waals surface area (Å²) in [4.78, 5) is 24.1. The molecule has 0 aliphatic heterocycles. The maximum atomic E-state index is 12.6. The number of carbonyl (C=O) groups is 2. The van der Waals surface area contributed by atoms with Crippen molar-refractivity contribution in [1.29, 1.82) is 0 Å². The molecule has 22 heavy (non-hydrogen) atoms. The Hall–Kier alpha value is -1.88. The van der Waals surface area contributed by atoms with Gasteiger partial charge in [-0.1, -0.05) is 18.2 Å². The summed E-state index contributed by atoms with van der Waals surface area (Å²) >= 11 is 0. The van der Waals surface area contributed by atoms with Crippen molar-refractivity contribution in [3.05, 3.63) is 47.2 Å². The Morgan fingerprint density at radius 3 is 2.32 bits per heavy atom. The first kappa shape index (κ1) is 16.5. The van der Waals surface area contributed by atoms with Crippen molar-refractivity contribution >= 4 is 20.0 Å². The number of Topliss-reactive ketones (excluding diaryl/α,β-unsaturated/α-hetero) is 1. The van der Waals surface area contributed by atoms with Gasteiger partial charge in [-0.3, -0.25) is 9.59 Å². The largest absolute Gasteiger partial charge is 0.548 e. The molecule has 4 nitrogen and oxygen atoms in total. The van der Waals surface area contributed by atoms with E-state index in [2.05, 4.69) is 19.6 Å². The van der Waals surface area contributed by atoms with Gasteiger partial charge in [0.1, 0.15) is 0 Å². The van der Waals surface area contributed by atoms with Crippen LogP contribution in [0.2, 0.25) is 19.6 Å². The molecule has 0 bridgehead atoms. The highest BCUT2D eigenvalue weighted by atomic mass is 28.4. The van der Waals surface area contributed by atoms with Gasteiger partial charge in [0.2, 0.25) is 14.2 Å². The highest BCUT2D eigenvalue weighted by molar-refractivity contribution is 6.70. The van der Waals surface area contributed by atoms with E-state index in [1.807, 2.05) is 6.08 Å². The Labute approximate surface area is 132 Å². The topological polar surface area (TPSA) is 69.4 Å². The Bertz CT molecular complexity index is 617. The minimum absolute atomic E-state index is 0.00213. The average molecular weight is 317 g/mol. The van der Waals surface area contributed by atoms with Crippen molar-refractivity contribution in [2.75, 3.05) is 0 Å². The summed E-state index contributed by atoms with van der Waals surface area (Å²) in [5, 5.41) is 0. The van der Waals surface area contributed by atoms with E-state index in [0.29, 0.717) is 17.5 Å². The van der Waals surface area contributed by atoms with Gasteiger partial charge in [-0.05, 0) is 44.6 Å². The molecule has 1 atom stereocenters. The smallest absolute Gasteiger partial charge is 0.249 e. The molecule has 1 amide bonds. The molecule has 0 saturated heterocycles. The fraction of sp³-hybridized carbons (Fsp3) is 0.412. The molecular formula is C17H23NO3Si. The molecule has 1 unspecified atom stereocenters. The van der Waals surface area contributed by atoms with E-state index >= 15 is 0 Å². The number of primary amides is 1. The lowest BCUT2D eigenvalue weighted by Crippen LogP contribution is -2.27. The molecule has 0 spiro atoms. The van der Waals surface area contributed by atoms with E-state index < -0.39 is 14.2 Å². The molecule has 1 aromatic carbocycles. The Morgan fingerprint density at radius 2 is 1.82 bits per heavy atom. The van der Waals surface area contributed by atoms with Crippen LogP contribution in [0, 0.1) is 5.92 Å². The van der Waals surface area contributed by atoms with Gasteiger partial charge in [-0.15, -0.1) is 0 Å². The van der Waals surface area contributed by atoms with E-state index in [0.717, 1.165) is 18.6 Å². The Balaban J connectivity index is 2.12. The summed E-state index contributed by atoms with van der Waals surface area (Å²) in [6.45, 7) is 6.44. The van der Waals surface area contributed by atoms with Gasteiger partial charge in [0.25, 0.3) is 0 Å². The van der Waals surface area contributed by atoms with Gasteiger partial charge in [0.15, 0.2) is 5.78 Å². The van der Waals surface area contributed by atoms with Crippen molar-refractivity contribution in [3.8, 4) is 0 Å². The van der Waals surface area contributed by atoms with E-state index in [-0.39, 0.29) is 11.7 Å². The van der Waals surface area contributed by atoms with Gasteiger partial charge < -0.3 is 10.2 Å². The van der Waals surface area contributed by atoms with Crippen LogP contribution in [0.25, 0.3) is 0 Å². The number of hydrogen-bond donors (Lipinski definition) is 1. The zero-order valence-corrected chi connectivity index (χ0v) is 14.4. The molecule has 0 aromatic heterocycles. The van der Waals surface area contributed by atoms with Gasteiger partial charge >= 0.3 is 0 Å². The number of amides is 1. The van der Waals surface area contributed by atoms with Crippen LogP contribution < -0.4 is 5.73 Å². The third kappa shape index (κ3) is 4.07. The Morgan fingerprint density at radius 1 is 1.18 bits per heavy atom. The number of rotatable bonds is 5. The number of hydrogen-bond acceptors (Lipinski definition) is 3. The standard InChI is InChI=1S/C17H23NO3Si/c1-22(2,3)21-13-10-8-12(9-11-13)16(19)14-6-4-5-7-15(14)17(18)20/h4-7,10,12H,8-9,11H2,1-3H3,(H2,18,20). The van der Waals surface area contributed by atoms with Crippen LogP contribution >= 0.6 is 0 Å². The second-order valence-corrected chi connectivity index (χ2v) is 11.1. The van der Waals surface area contributed by atoms with Gasteiger partial charge in [0.05, 0.1) is 5.76 Å². The van der Waals surface area contributed by atoms with Gasteiger partial charge in [-0.2, -0.15) is 0 Å². The molecular weight excluding hydrogens is 294 g/mol. The van der Waals surface area contributed by atoms with Crippen LogP contribution in [0.1, 0.15) is 40.0 Å². The van der Waals surface area contributed by atoms with Crippen LogP contribution in [-0.2, 0) is 4.43 Å². The zero-order chi connectivity index (χ0) is 16.3. The molecule has 118 valence electrons. The van der Waals surface area contributed by atoms with Crippen LogP contribution in [0.15, 0.2) is 36.1 Å². The van der Waals surface area contributed by atoms with Crippen LogP contribution in [-0.4, -0.2) is 20.0 Å².